The van der Waals surface area contributed by atoms with Crippen molar-refractivity contribution in [1.82, 2.24) is 9.97 Å². The van der Waals surface area contributed by atoms with Gasteiger partial charge < -0.3 is 9.64 Å². The van der Waals surface area contributed by atoms with Crippen LogP contribution in [0.3, 0.4) is 0 Å². The van der Waals surface area contributed by atoms with E-state index in [9.17, 15) is 0 Å². The molecule has 0 amide bonds. The minimum absolute atomic E-state index is 0.204. The Morgan fingerprint density at radius 2 is 1.70 bits per heavy atom. The van der Waals surface area contributed by atoms with Gasteiger partial charge in [0.1, 0.15) is 23.5 Å². The van der Waals surface area contributed by atoms with Crippen LogP contribution < -0.4 is 9.64 Å². The summed E-state index contributed by atoms with van der Waals surface area (Å²) in [7, 11) is 0. The maximum absolute atomic E-state index is 6.41. The number of rotatable bonds is 2. The number of ether oxygens (including phenoxy) is 1. The van der Waals surface area contributed by atoms with Crippen molar-refractivity contribution in [3.8, 4) is 16.9 Å². The Morgan fingerprint density at radius 1 is 0.926 bits per heavy atom. The number of piperidine rings is 1. The fourth-order valence-electron chi connectivity index (χ4n) is 3.97. The van der Waals surface area contributed by atoms with E-state index in [1.165, 1.54) is 0 Å². The average molecular weight is 355 g/mol. The zero-order valence-corrected chi connectivity index (χ0v) is 15.1. The molecule has 0 unspecified atom stereocenters. The normalized spacial score (nSPS) is 17.4. The van der Waals surface area contributed by atoms with Crippen molar-refractivity contribution in [2.45, 2.75) is 18.4 Å². The van der Waals surface area contributed by atoms with E-state index in [0.29, 0.717) is 0 Å². The van der Waals surface area contributed by atoms with Crippen LogP contribution in [0.25, 0.3) is 17.2 Å². The quantitative estimate of drug-likeness (QED) is 0.674. The van der Waals surface area contributed by atoms with E-state index in [4.69, 9.17) is 4.74 Å². The van der Waals surface area contributed by atoms with Crippen LogP contribution in [-0.4, -0.2) is 28.7 Å². The van der Waals surface area contributed by atoms with Gasteiger partial charge in [-0.3, -0.25) is 0 Å². The van der Waals surface area contributed by atoms with Crippen molar-refractivity contribution in [3.05, 3.63) is 78.8 Å². The number of hydrogen-bond donors (Lipinski definition) is 0. The maximum Gasteiger partial charge on any atom is 0.139 e. The minimum atomic E-state index is -0.204. The summed E-state index contributed by atoms with van der Waals surface area (Å²) >= 11 is 0. The SMILES string of the molecule is C1=CC2(CCN(c3ncncc3-c3ccccc3)CC2)Oc2ccccc21. The Balaban J connectivity index is 1.38. The van der Waals surface area contributed by atoms with Crippen LogP contribution in [0.15, 0.2) is 73.2 Å². The second-order valence-electron chi connectivity index (χ2n) is 7.15. The third kappa shape index (κ3) is 2.97. The fraction of sp³-hybridized carbons (Fsp3) is 0.217. The van der Waals surface area contributed by atoms with E-state index in [1.54, 1.807) is 6.33 Å². The topological polar surface area (TPSA) is 38.2 Å². The molecule has 2 aliphatic rings. The van der Waals surface area contributed by atoms with Crippen LogP contribution in [0.4, 0.5) is 5.82 Å². The molecule has 0 aliphatic carbocycles. The van der Waals surface area contributed by atoms with Gasteiger partial charge in [-0.1, -0.05) is 54.6 Å². The lowest BCUT2D eigenvalue weighted by Crippen LogP contribution is -2.48. The number of hydrogen-bond acceptors (Lipinski definition) is 4. The number of benzene rings is 2. The van der Waals surface area contributed by atoms with E-state index in [-0.39, 0.29) is 5.60 Å². The molecule has 3 heterocycles. The first-order chi connectivity index (χ1) is 13.3. The van der Waals surface area contributed by atoms with E-state index < -0.39 is 0 Å². The standard InChI is InChI=1S/C23H21N3O/c1-2-6-18(7-3-1)20-16-24-17-25-22(20)26-14-12-23(13-15-26)11-10-19-8-4-5-9-21(19)27-23/h1-11,16-17H,12-15H2. The van der Waals surface area contributed by atoms with Crippen molar-refractivity contribution in [1.29, 1.82) is 0 Å². The van der Waals surface area contributed by atoms with E-state index in [0.717, 1.165) is 54.2 Å². The number of para-hydroxylation sites is 1. The summed E-state index contributed by atoms with van der Waals surface area (Å²) in [6, 6.07) is 18.6. The number of nitrogens with zero attached hydrogens (tertiary/aromatic N) is 3. The van der Waals surface area contributed by atoms with Crippen LogP contribution in [0.5, 0.6) is 5.75 Å². The lowest BCUT2D eigenvalue weighted by molar-refractivity contribution is 0.0891. The Kier molecular flexibility index (Phi) is 3.89. The first kappa shape index (κ1) is 16.1. The predicted molar refractivity (Wildman–Crippen MR) is 108 cm³/mol. The van der Waals surface area contributed by atoms with Gasteiger partial charge >= 0.3 is 0 Å². The van der Waals surface area contributed by atoms with Gasteiger partial charge in [0.25, 0.3) is 0 Å². The Labute approximate surface area is 159 Å². The zero-order chi connectivity index (χ0) is 18.1. The largest absolute Gasteiger partial charge is 0.482 e. The molecular weight excluding hydrogens is 334 g/mol. The van der Waals surface area contributed by atoms with Crippen molar-refractivity contribution >= 4 is 11.9 Å². The number of aromatic nitrogens is 2. The van der Waals surface area contributed by atoms with Crippen molar-refractivity contribution < 1.29 is 4.74 Å². The molecule has 2 aromatic carbocycles. The van der Waals surface area contributed by atoms with Crippen molar-refractivity contribution in [3.63, 3.8) is 0 Å². The smallest absolute Gasteiger partial charge is 0.139 e. The van der Waals surface area contributed by atoms with Crippen LogP contribution in [0.1, 0.15) is 18.4 Å². The molecule has 4 heteroatoms. The van der Waals surface area contributed by atoms with E-state index in [2.05, 4.69) is 63.4 Å². The lowest BCUT2D eigenvalue weighted by atomic mass is 9.88. The summed E-state index contributed by atoms with van der Waals surface area (Å²) in [6.45, 7) is 1.81. The second kappa shape index (κ2) is 6.54. The summed E-state index contributed by atoms with van der Waals surface area (Å²) in [4.78, 5) is 11.2. The first-order valence-corrected chi connectivity index (χ1v) is 9.41. The maximum atomic E-state index is 6.41. The van der Waals surface area contributed by atoms with Gasteiger partial charge in [0.05, 0.1) is 0 Å². The average Bonchev–Trinajstić information content (AvgIpc) is 2.75. The molecule has 5 rings (SSSR count). The third-order valence-corrected chi connectivity index (χ3v) is 5.48. The minimum Gasteiger partial charge on any atom is -0.482 e. The molecule has 0 atom stereocenters. The highest BCUT2D eigenvalue weighted by Gasteiger charge is 2.37. The van der Waals surface area contributed by atoms with Gasteiger partial charge in [-0.15, -0.1) is 0 Å². The summed E-state index contributed by atoms with van der Waals surface area (Å²) in [5.74, 6) is 1.99. The number of fused-ring (bicyclic) bond motifs is 1. The molecular formula is C23H21N3O. The van der Waals surface area contributed by atoms with Crippen molar-refractivity contribution in [2.24, 2.45) is 0 Å². The molecule has 0 saturated carbocycles. The lowest BCUT2D eigenvalue weighted by Gasteiger charge is -2.42. The molecule has 0 bridgehead atoms. The van der Waals surface area contributed by atoms with Crippen LogP contribution in [0, 0.1) is 0 Å². The molecule has 1 fully saturated rings. The van der Waals surface area contributed by atoms with Gasteiger partial charge in [0.15, 0.2) is 0 Å². The predicted octanol–water partition coefficient (Wildman–Crippen LogP) is 4.59. The monoisotopic (exact) mass is 355 g/mol. The second-order valence-corrected chi connectivity index (χ2v) is 7.15. The third-order valence-electron chi connectivity index (χ3n) is 5.48. The number of anilines is 1. The van der Waals surface area contributed by atoms with Crippen molar-refractivity contribution in [2.75, 3.05) is 18.0 Å². The molecule has 1 spiro atoms. The van der Waals surface area contributed by atoms with Crippen LogP contribution >= 0.6 is 0 Å². The molecule has 2 aliphatic heterocycles. The van der Waals surface area contributed by atoms with Gasteiger partial charge in [-0.2, -0.15) is 0 Å². The zero-order valence-electron chi connectivity index (χ0n) is 15.1. The van der Waals surface area contributed by atoms with Crippen LogP contribution in [0.2, 0.25) is 0 Å². The molecule has 0 N–H and O–H groups in total. The van der Waals surface area contributed by atoms with Crippen LogP contribution in [-0.2, 0) is 0 Å². The summed E-state index contributed by atoms with van der Waals surface area (Å²) in [5.41, 5.74) is 3.19. The summed E-state index contributed by atoms with van der Waals surface area (Å²) < 4.78 is 6.41. The molecule has 0 radical (unpaired) electrons. The first-order valence-electron chi connectivity index (χ1n) is 9.41. The highest BCUT2D eigenvalue weighted by atomic mass is 16.5. The fourth-order valence-corrected chi connectivity index (χ4v) is 3.97. The van der Waals surface area contributed by atoms with E-state index >= 15 is 0 Å². The Morgan fingerprint density at radius 3 is 2.56 bits per heavy atom. The molecule has 1 saturated heterocycles. The highest BCUT2D eigenvalue weighted by molar-refractivity contribution is 5.75. The Hall–Kier alpha value is -3.14. The molecule has 4 nitrogen and oxygen atoms in total. The molecule has 27 heavy (non-hydrogen) atoms. The highest BCUT2D eigenvalue weighted by Crippen LogP contribution is 2.38. The van der Waals surface area contributed by atoms with Gasteiger partial charge in [-0.05, 0) is 17.7 Å². The summed E-state index contributed by atoms with van der Waals surface area (Å²) in [5, 5.41) is 0. The Bertz CT molecular complexity index is 976. The molecule has 1 aromatic heterocycles. The molecule has 134 valence electrons. The van der Waals surface area contributed by atoms with E-state index in [1.807, 2.05) is 24.4 Å². The van der Waals surface area contributed by atoms with Gasteiger partial charge in [0.2, 0.25) is 0 Å². The van der Waals surface area contributed by atoms with Gasteiger partial charge in [-0.25, -0.2) is 9.97 Å². The summed E-state index contributed by atoms with van der Waals surface area (Å²) in [6.07, 6.45) is 9.88. The molecule has 3 aromatic rings. The van der Waals surface area contributed by atoms with Gasteiger partial charge in [0, 0.05) is 43.3 Å².